The van der Waals surface area contributed by atoms with Crippen molar-refractivity contribution in [3.05, 3.63) is 26.8 Å². The van der Waals surface area contributed by atoms with E-state index in [4.69, 9.17) is 11.6 Å². The Balaban J connectivity index is 2.18. The molecule has 0 spiro atoms. The molecule has 1 aromatic carbocycles. The summed E-state index contributed by atoms with van der Waals surface area (Å²) in [6.07, 6.45) is 2.56. The van der Waals surface area contributed by atoms with Crippen LogP contribution in [0.5, 0.6) is 0 Å². The molecule has 3 heteroatoms. The number of anilines is 1. The van der Waals surface area contributed by atoms with Gasteiger partial charge in [0.05, 0.1) is 10.7 Å². The van der Waals surface area contributed by atoms with E-state index in [0.717, 1.165) is 10.7 Å². The minimum atomic E-state index is 0.669. The van der Waals surface area contributed by atoms with Gasteiger partial charge in [0, 0.05) is 9.61 Å². The van der Waals surface area contributed by atoms with Gasteiger partial charge >= 0.3 is 0 Å². The zero-order valence-electron chi connectivity index (χ0n) is 6.48. The molecule has 0 aliphatic heterocycles. The largest absolute Gasteiger partial charge is 0.381 e. The van der Waals surface area contributed by atoms with E-state index in [1.807, 2.05) is 12.1 Å². The van der Waals surface area contributed by atoms with E-state index >= 15 is 0 Å². The van der Waals surface area contributed by atoms with Crippen molar-refractivity contribution >= 4 is 39.9 Å². The van der Waals surface area contributed by atoms with Gasteiger partial charge in [0.2, 0.25) is 0 Å². The summed E-state index contributed by atoms with van der Waals surface area (Å²) in [6, 6.07) is 6.76. The van der Waals surface area contributed by atoms with Crippen molar-refractivity contribution in [2.45, 2.75) is 18.9 Å². The van der Waals surface area contributed by atoms with Gasteiger partial charge in [-0.15, -0.1) is 0 Å². The molecular formula is C9H9ClIN. The predicted octanol–water partition coefficient (Wildman–Crippen LogP) is 3.52. The van der Waals surface area contributed by atoms with E-state index in [-0.39, 0.29) is 0 Å². The smallest absolute Gasteiger partial charge is 0.0648 e. The first kappa shape index (κ1) is 8.63. The molecule has 0 saturated heterocycles. The Kier molecular flexibility index (Phi) is 2.46. The third-order valence-electron chi connectivity index (χ3n) is 1.87. The van der Waals surface area contributed by atoms with Gasteiger partial charge in [-0.3, -0.25) is 0 Å². The SMILES string of the molecule is Clc1cc(I)ccc1NC1CC1. The van der Waals surface area contributed by atoms with Crippen LogP contribution >= 0.6 is 34.2 Å². The highest BCUT2D eigenvalue weighted by molar-refractivity contribution is 14.1. The first-order valence-electron chi connectivity index (χ1n) is 3.97. The van der Waals surface area contributed by atoms with Crippen LogP contribution in [0.2, 0.25) is 5.02 Å². The van der Waals surface area contributed by atoms with E-state index in [1.54, 1.807) is 0 Å². The molecule has 0 unspecified atom stereocenters. The fraction of sp³-hybridized carbons (Fsp3) is 0.333. The van der Waals surface area contributed by atoms with Gasteiger partial charge in [-0.25, -0.2) is 0 Å². The second-order valence-corrected chi connectivity index (χ2v) is 4.70. The van der Waals surface area contributed by atoms with Crippen LogP contribution in [0.1, 0.15) is 12.8 Å². The molecule has 0 atom stereocenters. The average Bonchev–Trinajstić information content (AvgIpc) is 2.79. The van der Waals surface area contributed by atoms with E-state index < -0.39 is 0 Å². The Morgan fingerprint density at radius 1 is 1.42 bits per heavy atom. The molecule has 0 amide bonds. The molecule has 1 aliphatic carbocycles. The Hall–Kier alpha value is 0.0400. The Morgan fingerprint density at radius 2 is 2.17 bits per heavy atom. The fourth-order valence-electron chi connectivity index (χ4n) is 1.05. The predicted molar refractivity (Wildman–Crippen MR) is 60.8 cm³/mol. The van der Waals surface area contributed by atoms with E-state index in [9.17, 15) is 0 Å². The summed E-state index contributed by atoms with van der Waals surface area (Å²) < 4.78 is 1.18. The van der Waals surface area contributed by atoms with Crippen LogP contribution in [0, 0.1) is 3.57 Å². The Bertz CT molecular complexity index is 297. The van der Waals surface area contributed by atoms with Crippen LogP contribution in [0.15, 0.2) is 18.2 Å². The van der Waals surface area contributed by atoms with Gasteiger partial charge in [-0.1, -0.05) is 11.6 Å². The number of rotatable bonds is 2. The maximum Gasteiger partial charge on any atom is 0.0648 e. The highest BCUT2D eigenvalue weighted by Gasteiger charge is 2.21. The third kappa shape index (κ3) is 2.04. The van der Waals surface area contributed by atoms with Crippen molar-refractivity contribution in [3.63, 3.8) is 0 Å². The number of nitrogens with one attached hydrogen (secondary N) is 1. The van der Waals surface area contributed by atoms with Gasteiger partial charge in [-0.05, 0) is 53.6 Å². The number of halogens is 2. The van der Waals surface area contributed by atoms with Crippen LogP contribution in [0.4, 0.5) is 5.69 Å². The first-order valence-corrected chi connectivity index (χ1v) is 5.43. The quantitative estimate of drug-likeness (QED) is 0.823. The molecule has 1 saturated carbocycles. The monoisotopic (exact) mass is 293 g/mol. The fourth-order valence-corrected chi connectivity index (χ4v) is 1.96. The molecule has 1 aliphatic rings. The third-order valence-corrected chi connectivity index (χ3v) is 2.85. The van der Waals surface area contributed by atoms with Crippen molar-refractivity contribution in [2.75, 3.05) is 5.32 Å². The summed E-state index contributed by atoms with van der Waals surface area (Å²) in [5.41, 5.74) is 1.07. The van der Waals surface area contributed by atoms with Crippen molar-refractivity contribution in [2.24, 2.45) is 0 Å². The highest BCUT2D eigenvalue weighted by atomic mass is 127. The minimum absolute atomic E-state index is 0.669. The van der Waals surface area contributed by atoms with E-state index in [0.29, 0.717) is 6.04 Å². The van der Waals surface area contributed by atoms with Gasteiger partial charge in [-0.2, -0.15) is 0 Å². The molecule has 2 rings (SSSR count). The van der Waals surface area contributed by atoms with Crippen molar-refractivity contribution in [1.29, 1.82) is 0 Å². The van der Waals surface area contributed by atoms with E-state index in [1.165, 1.54) is 16.4 Å². The normalized spacial score (nSPS) is 16.2. The van der Waals surface area contributed by atoms with Crippen LogP contribution < -0.4 is 5.32 Å². The number of benzene rings is 1. The summed E-state index contributed by atoms with van der Waals surface area (Å²) in [7, 11) is 0. The molecule has 1 N–H and O–H groups in total. The maximum absolute atomic E-state index is 6.03. The Labute approximate surface area is 90.6 Å². The van der Waals surface area contributed by atoms with Crippen LogP contribution in [-0.4, -0.2) is 6.04 Å². The molecule has 1 aromatic rings. The molecule has 12 heavy (non-hydrogen) atoms. The maximum atomic E-state index is 6.03. The summed E-state index contributed by atoms with van der Waals surface area (Å²) in [4.78, 5) is 0. The van der Waals surface area contributed by atoms with Crippen molar-refractivity contribution in [1.82, 2.24) is 0 Å². The Morgan fingerprint density at radius 3 is 2.75 bits per heavy atom. The molecule has 0 heterocycles. The highest BCUT2D eigenvalue weighted by Crippen LogP contribution is 2.30. The molecule has 1 nitrogen and oxygen atoms in total. The zero-order valence-corrected chi connectivity index (χ0v) is 9.39. The number of hydrogen-bond donors (Lipinski definition) is 1. The molecule has 0 bridgehead atoms. The lowest BCUT2D eigenvalue weighted by Crippen LogP contribution is -2.00. The zero-order chi connectivity index (χ0) is 8.55. The molecule has 0 radical (unpaired) electrons. The van der Waals surface area contributed by atoms with Gasteiger partial charge < -0.3 is 5.32 Å². The summed E-state index contributed by atoms with van der Waals surface area (Å²) in [5, 5.41) is 4.20. The topological polar surface area (TPSA) is 12.0 Å². The van der Waals surface area contributed by atoms with Crippen molar-refractivity contribution < 1.29 is 0 Å². The summed E-state index contributed by atoms with van der Waals surface area (Å²) in [5.74, 6) is 0. The number of hydrogen-bond acceptors (Lipinski definition) is 1. The van der Waals surface area contributed by atoms with Gasteiger partial charge in [0.1, 0.15) is 0 Å². The molecule has 1 fully saturated rings. The van der Waals surface area contributed by atoms with Gasteiger partial charge in [0.25, 0.3) is 0 Å². The second-order valence-electron chi connectivity index (χ2n) is 3.04. The molecule has 64 valence electrons. The van der Waals surface area contributed by atoms with Gasteiger partial charge in [0.15, 0.2) is 0 Å². The summed E-state index contributed by atoms with van der Waals surface area (Å²) in [6.45, 7) is 0. The lowest BCUT2D eigenvalue weighted by atomic mass is 10.3. The molecule has 0 aromatic heterocycles. The molecular weight excluding hydrogens is 284 g/mol. The van der Waals surface area contributed by atoms with E-state index in [2.05, 4.69) is 34.0 Å². The minimum Gasteiger partial charge on any atom is -0.381 e. The van der Waals surface area contributed by atoms with Crippen LogP contribution in [0.25, 0.3) is 0 Å². The summed E-state index contributed by atoms with van der Waals surface area (Å²) >= 11 is 8.29. The van der Waals surface area contributed by atoms with Crippen LogP contribution in [0.3, 0.4) is 0 Å². The van der Waals surface area contributed by atoms with Crippen molar-refractivity contribution in [3.8, 4) is 0 Å². The second kappa shape index (κ2) is 3.42. The average molecular weight is 294 g/mol. The van der Waals surface area contributed by atoms with Crippen LogP contribution in [-0.2, 0) is 0 Å². The lowest BCUT2D eigenvalue weighted by Gasteiger charge is -2.06. The standard InChI is InChI=1S/C9H9ClIN/c10-8-5-6(11)1-4-9(8)12-7-2-3-7/h1,4-5,7,12H,2-3H2. The first-order chi connectivity index (χ1) is 5.75. The lowest BCUT2D eigenvalue weighted by molar-refractivity contribution is 1.16.